The van der Waals surface area contributed by atoms with Gasteiger partial charge in [0.05, 0.1) is 13.7 Å². The van der Waals surface area contributed by atoms with Crippen molar-refractivity contribution in [3.63, 3.8) is 0 Å². The lowest BCUT2D eigenvalue weighted by molar-refractivity contribution is -0.144. The van der Waals surface area contributed by atoms with Crippen LogP contribution in [0.25, 0.3) is 0 Å². The Balaban J connectivity index is 2.45. The predicted octanol–water partition coefficient (Wildman–Crippen LogP) is -0.342. The minimum absolute atomic E-state index is 0.269. The standard InChI is InChI=1S/C6H9NO4/c1-10-5(8)4-2-3-11-6(9)7-4/h4H,2-3H2,1H3,(H,7,9)/t4-/m0/s1. The summed E-state index contributed by atoms with van der Waals surface area (Å²) in [6.45, 7) is 0.269. The molecule has 0 aromatic heterocycles. The molecule has 1 rings (SSSR count). The number of methoxy groups -OCH3 is 1. The Hall–Kier alpha value is -1.26. The van der Waals surface area contributed by atoms with Crippen LogP contribution in [0.1, 0.15) is 6.42 Å². The molecule has 62 valence electrons. The van der Waals surface area contributed by atoms with Gasteiger partial charge in [-0.05, 0) is 0 Å². The Bertz CT molecular complexity index is 179. The summed E-state index contributed by atoms with van der Waals surface area (Å²) in [6.07, 6.45) is -0.0926. The molecular formula is C6H9NO4. The maximum absolute atomic E-state index is 10.8. The zero-order chi connectivity index (χ0) is 8.27. The van der Waals surface area contributed by atoms with E-state index in [-0.39, 0.29) is 6.61 Å². The lowest BCUT2D eigenvalue weighted by Crippen LogP contribution is -2.46. The van der Waals surface area contributed by atoms with Gasteiger partial charge < -0.3 is 14.8 Å². The van der Waals surface area contributed by atoms with Gasteiger partial charge in [0, 0.05) is 6.42 Å². The molecule has 1 atom stereocenters. The number of cyclic esters (lactones) is 1. The quantitative estimate of drug-likeness (QED) is 0.531. The summed E-state index contributed by atoms with van der Waals surface area (Å²) in [7, 11) is 1.28. The molecule has 1 heterocycles. The molecule has 5 nitrogen and oxygen atoms in total. The normalized spacial score (nSPS) is 23.4. The molecule has 1 aliphatic heterocycles. The van der Waals surface area contributed by atoms with Gasteiger partial charge in [-0.15, -0.1) is 0 Å². The van der Waals surface area contributed by atoms with Crippen molar-refractivity contribution in [2.45, 2.75) is 12.5 Å². The number of esters is 1. The second-order valence-corrected chi connectivity index (χ2v) is 2.14. The number of hydrogen-bond acceptors (Lipinski definition) is 4. The first kappa shape index (κ1) is 7.84. The fourth-order valence-electron chi connectivity index (χ4n) is 0.845. The van der Waals surface area contributed by atoms with E-state index in [0.717, 1.165) is 0 Å². The third kappa shape index (κ3) is 1.83. The summed E-state index contributed by atoms with van der Waals surface area (Å²) in [5.41, 5.74) is 0. The van der Waals surface area contributed by atoms with Crippen LogP contribution in [0.15, 0.2) is 0 Å². The van der Waals surface area contributed by atoms with Crippen molar-refractivity contribution >= 4 is 12.1 Å². The number of alkyl carbamates (subject to hydrolysis) is 1. The highest BCUT2D eigenvalue weighted by Crippen LogP contribution is 2.01. The summed E-state index contributed by atoms with van der Waals surface area (Å²) in [5, 5.41) is 2.33. The molecule has 1 fully saturated rings. The van der Waals surface area contributed by atoms with Crippen LogP contribution in [0.3, 0.4) is 0 Å². The van der Waals surface area contributed by atoms with Crippen LogP contribution in [0.4, 0.5) is 4.79 Å². The molecule has 11 heavy (non-hydrogen) atoms. The summed E-state index contributed by atoms with van der Waals surface area (Å²) < 4.78 is 8.97. The van der Waals surface area contributed by atoms with Crippen molar-refractivity contribution in [2.24, 2.45) is 0 Å². The van der Waals surface area contributed by atoms with Gasteiger partial charge in [-0.1, -0.05) is 0 Å². The van der Waals surface area contributed by atoms with Crippen LogP contribution in [0.5, 0.6) is 0 Å². The zero-order valence-corrected chi connectivity index (χ0v) is 6.12. The second kappa shape index (κ2) is 3.23. The van der Waals surface area contributed by atoms with E-state index in [1.165, 1.54) is 7.11 Å². The van der Waals surface area contributed by atoms with Gasteiger partial charge in [-0.2, -0.15) is 0 Å². The Labute approximate surface area is 63.7 Å². The minimum atomic E-state index is -0.563. The molecule has 1 saturated heterocycles. The lowest BCUT2D eigenvalue weighted by Gasteiger charge is -2.20. The van der Waals surface area contributed by atoms with E-state index in [0.29, 0.717) is 6.42 Å². The molecule has 1 amide bonds. The van der Waals surface area contributed by atoms with Crippen molar-refractivity contribution in [3.05, 3.63) is 0 Å². The molecule has 0 bridgehead atoms. The monoisotopic (exact) mass is 159 g/mol. The van der Waals surface area contributed by atoms with Gasteiger partial charge in [0.2, 0.25) is 0 Å². The van der Waals surface area contributed by atoms with Crippen LogP contribution in [-0.2, 0) is 14.3 Å². The fourth-order valence-corrected chi connectivity index (χ4v) is 0.845. The molecule has 0 aromatic rings. The van der Waals surface area contributed by atoms with Gasteiger partial charge >= 0.3 is 12.1 Å². The molecular weight excluding hydrogens is 150 g/mol. The van der Waals surface area contributed by atoms with E-state index in [1.807, 2.05) is 0 Å². The number of ether oxygens (including phenoxy) is 2. The summed E-state index contributed by atoms with van der Waals surface area (Å²) in [4.78, 5) is 21.4. The van der Waals surface area contributed by atoms with Gasteiger partial charge in [0.15, 0.2) is 0 Å². The summed E-state index contributed by atoms with van der Waals surface area (Å²) >= 11 is 0. The van der Waals surface area contributed by atoms with E-state index < -0.39 is 18.1 Å². The highest BCUT2D eigenvalue weighted by Gasteiger charge is 2.25. The van der Waals surface area contributed by atoms with Crippen LogP contribution in [0, 0.1) is 0 Å². The number of rotatable bonds is 1. The average molecular weight is 159 g/mol. The van der Waals surface area contributed by atoms with Crippen molar-refractivity contribution in [1.29, 1.82) is 0 Å². The van der Waals surface area contributed by atoms with E-state index in [1.54, 1.807) is 0 Å². The van der Waals surface area contributed by atoms with Crippen LogP contribution in [0.2, 0.25) is 0 Å². The molecule has 5 heteroatoms. The number of hydrogen-bond donors (Lipinski definition) is 1. The number of nitrogens with one attached hydrogen (secondary N) is 1. The molecule has 1 aliphatic rings. The van der Waals surface area contributed by atoms with Crippen molar-refractivity contribution in [2.75, 3.05) is 13.7 Å². The highest BCUT2D eigenvalue weighted by molar-refractivity contribution is 5.82. The molecule has 0 aromatic carbocycles. The third-order valence-corrected chi connectivity index (χ3v) is 1.42. The van der Waals surface area contributed by atoms with Gasteiger partial charge in [-0.3, -0.25) is 0 Å². The lowest BCUT2D eigenvalue weighted by atomic mass is 10.2. The minimum Gasteiger partial charge on any atom is -0.467 e. The van der Waals surface area contributed by atoms with Crippen LogP contribution in [-0.4, -0.2) is 31.8 Å². The molecule has 0 aliphatic carbocycles. The molecule has 1 N–H and O–H groups in total. The van der Waals surface area contributed by atoms with Crippen LogP contribution < -0.4 is 5.32 Å². The fraction of sp³-hybridized carbons (Fsp3) is 0.667. The SMILES string of the molecule is COC(=O)[C@@H]1CCOC(=O)N1. The first-order valence-electron chi connectivity index (χ1n) is 3.25. The van der Waals surface area contributed by atoms with E-state index in [2.05, 4.69) is 14.8 Å². The van der Waals surface area contributed by atoms with Crippen molar-refractivity contribution in [3.8, 4) is 0 Å². The summed E-state index contributed by atoms with van der Waals surface area (Å²) in [5.74, 6) is -0.429. The van der Waals surface area contributed by atoms with E-state index >= 15 is 0 Å². The number of carbonyl (C=O) groups excluding carboxylic acids is 2. The largest absolute Gasteiger partial charge is 0.467 e. The molecule has 0 saturated carbocycles. The Kier molecular flexibility index (Phi) is 2.30. The van der Waals surface area contributed by atoms with E-state index in [9.17, 15) is 9.59 Å². The van der Waals surface area contributed by atoms with Crippen molar-refractivity contribution in [1.82, 2.24) is 5.32 Å². The zero-order valence-electron chi connectivity index (χ0n) is 6.12. The first-order chi connectivity index (χ1) is 5.24. The maximum Gasteiger partial charge on any atom is 0.407 e. The summed E-state index contributed by atoms with van der Waals surface area (Å²) in [6, 6.07) is -0.541. The smallest absolute Gasteiger partial charge is 0.407 e. The highest BCUT2D eigenvalue weighted by atomic mass is 16.6. The predicted molar refractivity (Wildman–Crippen MR) is 34.9 cm³/mol. The van der Waals surface area contributed by atoms with Crippen molar-refractivity contribution < 1.29 is 19.1 Å². The second-order valence-electron chi connectivity index (χ2n) is 2.14. The Morgan fingerprint density at radius 3 is 3.09 bits per heavy atom. The Morgan fingerprint density at radius 2 is 2.55 bits per heavy atom. The number of amides is 1. The topological polar surface area (TPSA) is 64.6 Å². The molecule has 0 radical (unpaired) electrons. The van der Waals surface area contributed by atoms with Crippen LogP contribution >= 0.6 is 0 Å². The van der Waals surface area contributed by atoms with Gasteiger partial charge in [0.25, 0.3) is 0 Å². The maximum atomic E-state index is 10.8. The molecule has 0 spiro atoms. The first-order valence-corrected chi connectivity index (χ1v) is 3.25. The Morgan fingerprint density at radius 1 is 1.82 bits per heavy atom. The average Bonchev–Trinajstić information content (AvgIpc) is 2.03. The third-order valence-electron chi connectivity index (χ3n) is 1.42. The molecule has 0 unspecified atom stereocenters. The van der Waals surface area contributed by atoms with Gasteiger partial charge in [0.1, 0.15) is 6.04 Å². The van der Waals surface area contributed by atoms with E-state index in [4.69, 9.17) is 0 Å². The number of carbonyl (C=O) groups is 2. The van der Waals surface area contributed by atoms with Gasteiger partial charge in [-0.25, -0.2) is 9.59 Å².